The lowest BCUT2D eigenvalue weighted by Gasteiger charge is -2.07. The summed E-state index contributed by atoms with van der Waals surface area (Å²) in [5, 5.41) is 3.00. The maximum Gasteiger partial charge on any atom is 0.337 e. The topological polar surface area (TPSA) is 75.8 Å². The lowest BCUT2D eigenvalue weighted by Crippen LogP contribution is -2.31. The molecular formula is C4H8ClN3O2. The van der Waals surface area contributed by atoms with Crippen LogP contribution in [0, 0.1) is 4.91 Å². The van der Waals surface area contributed by atoms with Crippen molar-refractivity contribution in [1.82, 2.24) is 5.01 Å². The molecule has 0 aromatic heterocycles. The summed E-state index contributed by atoms with van der Waals surface area (Å²) in [6.07, 6.45) is 0.510. The molecule has 0 aliphatic rings. The largest absolute Gasteiger partial charge is 0.350 e. The summed E-state index contributed by atoms with van der Waals surface area (Å²) in [6.45, 7) is 0.183. The zero-order valence-corrected chi connectivity index (χ0v) is 6.04. The number of alkyl halides is 1. The van der Waals surface area contributed by atoms with Crippen molar-refractivity contribution >= 4 is 17.6 Å². The monoisotopic (exact) mass is 165 g/mol. The minimum atomic E-state index is -0.847. The molecule has 0 radical (unpaired) electrons. The Bertz CT molecular complexity index is 130. The van der Waals surface area contributed by atoms with Crippen LogP contribution in [0.5, 0.6) is 0 Å². The molecule has 0 fully saturated rings. The second-order valence-corrected chi connectivity index (χ2v) is 1.96. The molecule has 0 unspecified atom stereocenters. The number of hydrogen-bond acceptors (Lipinski definition) is 3. The summed E-state index contributed by atoms with van der Waals surface area (Å²) < 4.78 is 0. The normalized spacial score (nSPS) is 8.90. The highest BCUT2D eigenvalue weighted by Crippen LogP contribution is 1.92. The Morgan fingerprint density at radius 1 is 1.70 bits per heavy atom. The van der Waals surface area contributed by atoms with Gasteiger partial charge in [0.15, 0.2) is 0 Å². The van der Waals surface area contributed by atoms with Gasteiger partial charge in [0.2, 0.25) is 0 Å². The quantitative estimate of drug-likeness (QED) is 0.378. The van der Waals surface area contributed by atoms with Gasteiger partial charge in [0, 0.05) is 5.88 Å². The van der Waals surface area contributed by atoms with Crippen molar-refractivity contribution in [2.45, 2.75) is 6.42 Å². The second-order valence-electron chi connectivity index (χ2n) is 1.59. The smallest absolute Gasteiger partial charge is 0.337 e. The number of hydrogen-bond donors (Lipinski definition) is 1. The van der Waals surface area contributed by atoms with Crippen molar-refractivity contribution in [3.8, 4) is 0 Å². The summed E-state index contributed by atoms with van der Waals surface area (Å²) in [6, 6.07) is -0.847. The minimum absolute atomic E-state index is 0.183. The van der Waals surface area contributed by atoms with Crippen LogP contribution in [0.4, 0.5) is 4.79 Å². The first-order valence-electron chi connectivity index (χ1n) is 2.68. The number of halogens is 1. The van der Waals surface area contributed by atoms with E-state index in [4.69, 9.17) is 17.3 Å². The Balaban J connectivity index is 3.60. The molecule has 0 heterocycles. The first kappa shape index (κ1) is 9.16. The van der Waals surface area contributed by atoms with Crippen LogP contribution in [0.3, 0.4) is 0 Å². The molecule has 0 saturated heterocycles. The highest BCUT2D eigenvalue weighted by molar-refractivity contribution is 6.17. The lowest BCUT2D eigenvalue weighted by molar-refractivity contribution is 0.209. The molecule has 0 aromatic rings. The fourth-order valence-electron chi connectivity index (χ4n) is 0.401. The number of primary amides is 1. The molecule has 0 saturated carbocycles. The van der Waals surface area contributed by atoms with Crippen molar-refractivity contribution in [2.24, 2.45) is 11.0 Å². The molecule has 2 amide bonds. The van der Waals surface area contributed by atoms with E-state index in [2.05, 4.69) is 5.29 Å². The van der Waals surface area contributed by atoms with Gasteiger partial charge in [-0.25, -0.2) is 4.79 Å². The fraction of sp³-hybridized carbons (Fsp3) is 0.750. The zero-order chi connectivity index (χ0) is 7.98. The van der Waals surface area contributed by atoms with Crippen molar-refractivity contribution < 1.29 is 4.79 Å². The number of nitrogens with two attached hydrogens (primary N) is 1. The van der Waals surface area contributed by atoms with Gasteiger partial charge in [-0.3, -0.25) is 0 Å². The number of carbonyl (C=O) groups is 1. The Morgan fingerprint density at radius 2 is 2.30 bits per heavy atom. The van der Waals surface area contributed by atoms with Crippen LogP contribution in [0.15, 0.2) is 5.29 Å². The van der Waals surface area contributed by atoms with E-state index in [1.54, 1.807) is 0 Å². The number of rotatable bonds is 4. The third kappa shape index (κ3) is 3.24. The average molecular weight is 166 g/mol. The van der Waals surface area contributed by atoms with Crippen LogP contribution in [-0.4, -0.2) is 23.5 Å². The van der Waals surface area contributed by atoms with Gasteiger partial charge in [0.25, 0.3) is 0 Å². The molecule has 10 heavy (non-hydrogen) atoms. The van der Waals surface area contributed by atoms with Gasteiger partial charge in [-0.05, 0) is 6.42 Å². The third-order valence-corrected chi connectivity index (χ3v) is 1.12. The van der Waals surface area contributed by atoms with Crippen molar-refractivity contribution in [1.29, 1.82) is 0 Å². The van der Waals surface area contributed by atoms with Gasteiger partial charge in [-0.2, -0.15) is 5.01 Å². The number of amides is 2. The maximum absolute atomic E-state index is 10.2. The molecule has 58 valence electrons. The minimum Gasteiger partial charge on any atom is -0.350 e. The molecule has 2 N–H and O–H groups in total. The van der Waals surface area contributed by atoms with Crippen molar-refractivity contribution in [3.63, 3.8) is 0 Å². The Morgan fingerprint density at radius 3 is 2.60 bits per heavy atom. The SMILES string of the molecule is NC(=O)N(CCCCl)N=O. The van der Waals surface area contributed by atoms with E-state index >= 15 is 0 Å². The van der Waals surface area contributed by atoms with E-state index in [1.807, 2.05) is 0 Å². The van der Waals surface area contributed by atoms with Gasteiger partial charge in [0.1, 0.15) is 0 Å². The van der Waals surface area contributed by atoms with E-state index in [0.717, 1.165) is 0 Å². The highest BCUT2D eigenvalue weighted by atomic mass is 35.5. The van der Waals surface area contributed by atoms with Gasteiger partial charge >= 0.3 is 6.03 Å². The van der Waals surface area contributed by atoms with E-state index in [9.17, 15) is 9.70 Å². The number of carbonyl (C=O) groups excluding carboxylic acids is 1. The van der Waals surface area contributed by atoms with Crippen LogP contribution < -0.4 is 5.73 Å². The van der Waals surface area contributed by atoms with Crippen LogP contribution in [-0.2, 0) is 0 Å². The van der Waals surface area contributed by atoms with E-state index in [0.29, 0.717) is 17.3 Å². The lowest BCUT2D eigenvalue weighted by atomic mass is 10.5. The highest BCUT2D eigenvalue weighted by Gasteiger charge is 2.07. The van der Waals surface area contributed by atoms with Crippen molar-refractivity contribution in [2.75, 3.05) is 12.4 Å². The van der Waals surface area contributed by atoms with Crippen LogP contribution in [0.2, 0.25) is 0 Å². The van der Waals surface area contributed by atoms with Gasteiger partial charge in [-0.15, -0.1) is 16.5 Å². The predicted octanol–water partition coefficient (Wildman–Crippen LogP) is 0.677. The van der Waals surface area contributed by atoms with Crippen molar-refractivity contribution in [3.05, 3.63) is 4.91 Å². The van der Waals surface area contributed by atoms with E-state index in [1.165, 1.54) is 0 Å². The molecule has 0 aliphatic heterocycles. The molecular weight excluding hydrogens is 158 g/mol. The number of nitrogens with zero attached hydrogens (tertiary/aromatic N) is 2. The zero-order valence-electron chi connectivity index (χ0n) is 5.29. The van der Waals surface area contributed by atoms with E-state index < -0.39 is 6.03 Å². The maximum atomic E-state index is 10.2. The molecule has 0 bridgehead atoms. The summed E-state index contributed by atoms with van der Waals surface area (Å²) in [5.41, 5.74) is 4.74. The van der Waals surface area contributed by atoms with Gasteiger partial charge in [0.05, 0.1) is 11.8 Å². The first-order valence-corrected chi connectivity index (χ1v) is 3.22. The summed E-state index contributed by atoms with van der Waals surface area (Å²) in [7, 11) is 0. The Labute approximate surface area is 63.1 Å². The van der Waals surface area contributed by atoms with Crippen LogP contribution >= 0.6 is 11.6 Å². The average Bonchev–Trinajstić information content (AvgIpc) is 1.89. The molecule has 0 atom stereocenters. The molecule has 0 aliphatic carbocycles. The Hall–Kier alpha value is -0.840. The van der Waals surface area contributed by atoms with Crippen LogP contribution in [0.1, 0.15) is 6.42 Å². The first-order chi connectivity index (χ1) is 4.72. The molecule has 0 rings (SSSR count). The molecule has 5 nitrogen and oxygen atoms in total. The Kier molecular flexibility index (Phi) is 4.57. The summed E-state index contributed by atoms with van der Waals surface area (Å²) in [5.74, 6) is 0.374. The second kappa shape index (κ2) is 4.99. The van der Waals surface area contributed by atoms with Gasteiger partial charge < -0.3 is 5.73 Å². The fourth-order valence-corrected chi connectivity index (χ4v) is 0.520. The molecule has 0 spiro atoms. The number of urea groups is 1. The molecule has 0 aromatic carbocycles. The summed E-state index contributed by atoms with van der Waals surface area (Å²) in [4.78, 5) is 20.0. The third-order valence-electron chi connectivity index (χ3n) is 0.857. The predicted molar refractivity (Wildman–Crippen MR) is 37.4 cm³/mol. The standard InChI is InChI=1S/C4H8ClN3O2/c5-2-1-3-8(7-10)4(6)9/h1-3H2,(H2,6,9). The number of nitroso groups, excluding NO2 is 1. The van der Waals surface area contributed by atoms with E-state index in [-0.39, 0.29) is 6.54 Å². The van der Waals surface area contributed by atoms with Gasteiger partial charge in [-0.1, -0.05) is 0 Å². The van der Waals surface area contributed by atoms with Crippen LogP contribution in [0.25, 0.3) is 0 Å². The summed E-state index contributed by atoms with van der Waals surface area (Å²) >= 11 is 5.28. The molecule has 6 heteroatoms.